The van der Waals surface area contributed by atoms with Gasteiger partial charge in [-0.25, -0.2) is 13.8 Å². The molecule has 0 unspecified atom stereocenters. The first kappa shape index (κ1) is 21.9. The van der Waals surface area contributed by atoms with Gasteiger partial charge in [0.25, 0.3) is 5.91 Å². The smallest absolute Gasteiger partial charge is 0.259 e. The van der Waals surface area contributed by atoms with E-state index in [1.807, 2.05) is 42.5 Å². The highest BCUT2D eigenvalue weighted by Crippen LogP contribution is 2.39. The molecule has 0 radical (unpaired) electrons. The molecular weight excluding hydrogens is 440 g/mol. The van der Waals surface area contributed by atoms with E-state index in [1.54, 1.807) is 7.11 Å². The summed E-state index contributed by atoms with van der Waals surface area (Å²) in [6.45, 7) is 1.77. The van der Waals surface area contributed by atoms with E-state index in [2.05, 4.69) is 4.90 Å². The van der Waals surface area contributed by atoms with Crippen molar-refractivity contribution in [2.75, 3.05) is 33.3 Å². The van der Waals surface area contributed by atoms with Gasteiger partial charge in [0.2, 0.25) is 0 Å². The van der Waals surface area contributed by atoms with Crippen LogP contribution in [-0.4, -0.2) is 54.8 Å². The van der Waals surface area contributed by atoms with Crippen molar-refractivity contribution in [2.24, 2.45) is 4.99 Å². The highest BCUT2D eigenvalue weighted by Gasteiger charge is 2.28. The number of benzene rings is 3. The second-order valence-electron chi connectivity index (χ2n) is 8.10. The summed E-state index contributed by atoms with van der Waals surface area (Å²) in [6, 6.07) is 16.5. The van der Waals surface area contributed by atoms with Crippen molar-refractivity contribution in [3.63, 3.8) is 0 Å². The lowest BCUT2D eigenvalue weighted by molar-refractivity contribution is 0.0754. The molecule has 2 aliphatic heterocycles. The molecule has 0 saturated carbocycles. The Kier molecular flexibility index (Phi) is 5.88. The second-order valence-corrected chi connectivity index (χ2v) is 8.10. The molecule has 174 valence electrons. The molecular formula is C26H23F2N3O3. The van der Waals surface area contributed by atoms with Gasteiger partial charge in [0.1, 0.15) is 40.2 Å². The number of rotatable bonds is 2. The Labute approximate surface area is 196 Å². The van der Waals surface area contributed by atoms with Crippen molar-refractivity contribution in [1.29, 1.82) is 0 Å². The maximum Gasteiger partial charge on any atom is 0.259 e. The van der Waals surface area contributed by atoms with Crippen LogP contribution < -0.4 is 9.47 Å². The highest BCUT2D eigenvalue weighted by molar-refractivity contribution is 6.04. The molecule has 1 saturated heterocycles. The van der Waals surface area contributed by atoms with Crippen LogP contribution in [0.4, 0.5) is 14.5 Å². The Morgan fingerprint density at radius 1 is 0.941 bits per heavy atom. The molecule has 0 atom stereocenters. The topological polar surface area (TPSA) is 54.4 Å². The molecule has 34 heavy (non-hydrogen) atoms. The maximum atomic E-state index is 14.2. The summed E-state index contributed by atoms with van der Waals surface area (Å²) in [5.41, 5.74) is 0.984. The van der Waals surface area contributed by atoms with Crippen LogP contribution in [0, 0.1) is 11.6 Å². The summed E-state index contributed by atoms with van der Waals surface area (Å²) in [5, 5.41) is 0. The van der Waals surface area contributed by atoms with Gasteiger partial charge in [-0.2, -0.15) is 0 Å². The minimum absolute atomic E-state index is 0.305. The van der Waals surface area contributed by atoms with Gasteiger partial charge in [0.05, 0.1) is 12.7 Å². The number of hydrogen-bond donors (Lipinski definition) is 0. The molecule has 0 aliphatic carbocycles. The van der Waals surface area contributed by atoms with Gasteiger partial charge in [-0.3, -0.25) is 4.79 Å². The normalized spacial score (nSPS) is 15.3. The molecule has 0 N–H and O–H groups in total. The van der Waals surface area contributed by atoms with Crippen molar-refractivity contribution in [3.8, 4) is 17.2 Å². The molecule has 8 heteroatoms. The Morgan fingerprint density at radius 3 is 2.53 bits per heavy atom. The van der Waals surface area contributed by atoms with Crippen molar-refractivity contribution < 1.29 is 23.0 Å². The molecule has 1 amide bonds. The average molecular weight is 463 g/mol. The number of halogens is 2. The van der Waals surface area contributed by atoms with E-state index in [1.165, 1.54) is 11.0 Å². The van der Waals surface area contributed by atoms with Gasteiger partial charge in [0.15, 0.2) is 5.75 Å². The Hall–Kier alpha value is -3.94. The number of carbonyl (C=O) groups is 1. The number of aliphatic imine (C=N–C) groups is 1. The van der Waals surface area contributed by atoms with Gasteiger partial charge < -0.3 is 19.3 Å². The Balaban J connectivity index is 1.46. The SMILES string of the molecule is COc1ccc2c(c1)Oc1ccccc1N=C2N1CCCN(C(=O)c2c(F)cccc2F)CC1. The summed E-state index contributed by atoms with van der Waals surface area (Å²) in [4.78, 5) is 21.4. The van der Waals surface area contributed by atoms with Crippen LogP contribution in [-0.2, 0) is 0 Å². The third-order valence-electron chi connectivity index (χ3n) is 6.00. The zero-order valence-corrected chi connectivity index (χ0v) is 18.6. The minimum Gasteiger partial charge on any atom is -0.497 e. The third-order valence-corrected chi connectivity index (χ3v) is 6.00. The predicted octanol–water partition coefficient (Wildman–Crippen LogP) is 5.01. The van der Waals surface area contributed by atoms with E-state index in [0.29, 0.717) is 61.4 Å². The van der Waals surface area contributed by atoms with Crippen LogP contribution in [0.25, 0.3) is 0 Å². The van der Waals surface area contributed by atoms with E-state index in [9.17, 15) is 13.6 Å². The quantitative estimate of drug-likeness (QED) is 0.537. The standard InChI is InChI=1S/C26H23F2N3O3/c1-33-17-10-11-18-23(16-17)34-22-9-3-2-8-21(22)29-25(18)30-12-5-13-31(15-14-30)26(32)24-19(27)6-4-7-20(24)28/h2-4,6-11,16H,5,12-15H2,1H3. The zero-order chi connectivity index (χ0) is 23.7. The number of carbonyl (C=O) groups excluding carboxylic acids is 1. The van der Waals surface area contributed by atoms with E-state index in [0.717, 1.165) is 17.7 Å². The van der Waals surface area contributed by atoms with Crippen molar-refractivity contribution >= 4 is 17.4 Å². The molecule has 2 aliphatic rings. The van der Waals surface area contributed by atoms with Crippen LogP contribution in [0.3, 0.4) is 0 Å². The number of ether oxygens (including phenoxy) is 2. The fourth-order valence-corrected chi connectivity index (χ4v) is 4.26. The van der Waals surface area contributed by atoms with Crippen LogP contribution in [0.5, 0.6) is 17.2 Å². The van der Waals surface area contributed by atoms with Crippen molar-refractivity contribution in [3.05, 3.63) is 83.4 Å². The van der Waals surface area contributed by atoms with Gasteiger partial charge in [-0.05, 0) is 42.8 Å². The lowest BCUT2D eigenvalue weighted by Gasteiger charge is -2.25. The summed E-state index contributed by atoms with van der Waals surface area (Å²) in [6.07, 6.45) is 0.620. The third kappa shape index (κ3) is 4.07. The molecule has 0 aromatic heterocycles. The van der Waals surface area contributed by atoms with Crippen LogP contribution in [0.2, 0.25) is 0 Å². The lowest BCUT2D eigenvalue weighted by atomic mass is 10.1. The molecule has 1 fully saturated rings. The summed E-state index contributed by atoms with van der Waals surface area (Å²) in [7, 11) is 1.60. The minimum atomic E-state index is -0.851. The summed E-state index contributed by atoms with van der Waals surface area (Å²) >= 11 is 0. The summed E-state index contributed by atoms with van der Waals surface area (Å²) < 4.78 is 39.9. The number of amides is 1. The number of hydrogen-bond acceptors (Lipinski definition) is 5. The van der Waals surface area contributed by atoms with Crippen molar-refractivity contribution in [2.45, 2.75) is 6.42 Å². The van der Waals surface area contributed by atoms with Gasteiger partial charge in [-0.15, -0.1) is 0 Å². The molecule has 3 aromatic rings. The number of methoxy groups -OCH3 is 1. The number of fused-ring (bicyclic) bond motifs is 2. The van der Waals surface area contributed by atoms with E-state index in [4.69, 9.17) is 14.5 Å². The van der Waals surface area contributed by atoms with E-state index >= 15 is 0 Å². The number of amidine groups is 1. The molecule has 2 heterocycles. The van der Waals surface area contributed by atoms with Gasteiger partial charge >= 0.3 is 0 Å². The summed E-state index contributed by atoms with van der Waals surface area (Å²) in [5.74, 6) is 0.291. The monoisotopic (exact) mass is 463 g/mol. The van der Waals surface area contributed by atoms with Gasteiger partial charge in [0, 0.05) is 32.2 Å². The van der Waals surface area contributed by atoms with E-state index < -0.39 is 23.1 Å². The van der Waals surface area contributed by atoms with Crippen LogP contribution in [0.15, 0.2) is 65.7 Å². The highest BCUT2D eigenvalue weighted by atomic mass is 19.1. The zero-order valence-electron chi connectivity index (χ0n) is 18.6. The predicted molar refractivity (Wildman–Crippen MR) is 124 cm³/mol. The fraction of sp³-hybridized carbons (Fsp3) is 0.231. The number of para-hydroxylation sites is 2. The van der Waals surface area contributed by atoms with E-state index in [-0.39, 0.29) is 0 Å². The van der Waals surface area contributed by atoms with Crippen LogP contribution >= 0.6 is 0 Å². The Bertz CT molecular complexity index is 1260. The first-order chi connectivity index (χ1) is 16.5. The Morgan fingerprint density at radius 2 is 1.74 bits per heavy atom. The first-order valence-corrected chi connectivity index (χ1v) is 11.1. The van der Waals surface area contributed by atoms with Gasteiger partial charge in [-0.1, -0.05) is 18.2 Å². The molecule has 5 rings (SSSR count). The first-order valence-electron chi connectivity index (χ1n) is 11.1. The fourth-order valence-electron chi connectivity index (χ4n) is 4.26. The average Bonchev–Trinajstić information content (AvgIpc) is 3.18. The lowest BCUT2D eigenvalue weighted by Crippen LogP contribution is -2.38. The number of nitrogens with zero attached hydrogens (tertiary/aromatic N) is 3. The molecule has 6 nitrogen and oxygen atoms in total. The molecule has 0 spiro atoms. The second kappa shape index (κ2) is 9.13. The van der Waals surface area contributed by atoms with Crippen molar-refractivity contribution in [1.82, 2.24) is 9.80 Å². The van der Waals surface area contributed by atoms with Crippen LogP contribution in [0.1, 0.15) is 22.3 Å². The largest absolute Gasteiger partial charge is 0.497 e. The maximum absolute atomic E-state index is 14.2. The molecule has 0 bridgehead atoms. The molecule has 3 aromatic carbocycles.